The molecule has 0 saturated heterocycles. The summed E-state index contributed by atoms with van der Waals surface area (Å²) in [4.78, 5) is 0. The van der Waals surface area contributed by atoms with Crippen molar-refractivity contribution in [1.29, 1.82) is 0 Å². The molecule has 0 nitrogen and oxygen atoms in total. The number of halogens is 2. The molecular weight excluding hydrogens is 871 g/mol. The maximum atomic E-state index is 9.14. The van der Waals surface area contributed by atoms with E-state index in [0.29, 0.717) is 10.8 Å². The Balaban J connectivity index is 1.33. The summed E-state index contributed by atoms with van der Waals surface area (Å²) >= 11 is -5.02. The molecule has 4 aliphatic carbocycles. The zero-order valence-electron chi connectivity index (χ0n) is 37.3. The molecule has 2 fully saturated rings. The van der Waals surface area contributed by atoms with E-state index in [4.69, 9.17) is 17.0 Å². The van der Waals surface area contributed by atoms with E-state index in [1.165, 1.54) is 106 Å². The van der Waals surface area contributed by atoms with Gasteiger partial charge in [-0.05, 0) is 0 Å². The Bertz CT molecular complexity index is 2110. The summed E-state index contributed by atoms with van der Waals surface area (Å²) in [6.45, 7) is 24.5. The summed E-state index contributed by atoms with van der Waals surface area (Å²) in [5.41, 5.74) is 15.0. The van der Waals surface area contributed by atoms with Gasteiger partial charge in [-0.25, -0.2) is 0 Å². The topological polar surface area (TPSA) is 0 Å². The van der Waals surface area contributed by atoms with Gasteiger partial charge in [0.05, 0.1) is 0 Å². The third-order valence-corrected chi connectivity index (χ3v) is 71.2. The van der Waals surface area contributed by atoms with E-state index in [0.717, 1.165) is 12.8 Å². The van der Waals surface area contributed by atoms with Crippen LogP contribution in [0.4, 0.5) is 0 Å². The Kier molecular flexibility index (Phi) is 11.4. The van der Waals surface area contributed by atoms with Gasteiger partial charge in [0.15, 0.2) is 0 Å². The molecule has 307 valence electrons. The number of rotatable bonds is 15. The van der Waals surface area contributed by atoms with Gasteiger partial charge in [-0.3, -0.25) is 0 Å². The zero-order chi connectivity index (χ0) is 41.5. The predicted octanol–water partition coefficient (Wildman–Crippen LogP) is 15.6. The molecule has 0 aliphatic heterocycles. The van der Waals surface area contributed by atoms with Crippen molar-refractivity contribution in [2.45, 2.75) is 138 Å². The molecule has 0 spiro atoms. The number of fused-ring (bicyclic) bond motifs is 2. The van der Waals surface area contributed by atoms with E-state index in [-0.39, 0.29) is 7.25 Å². The summed E-state index contributed by atoms with van der Waals surface area (Å²) in [7, 11) is 15.4. The number of benzene rings is 4. The van der Waals surface area contributed by atoms with Gasteiger partial charge in [0.2, 0.25) is 0 Å². The van der Waals surface area contributed by atoms with Crippen molar-refractivity contribution >= 4 is 61.6 Å². The summed E-state index contributed by atoms with van der Waals surface area (Å²) in [6, 6.07) is 33.5. The molecule has 6 heteroatoms. The van der Waals surface area contributed by atoms with E-state index in [9.17, 15) is 0 Å². The van der Waals surface area contributed by atoms with Gasteiger partial charge in [0, 0.05) is 0 Å². The number of hydrogen-bond acceptors (Lipinski definition) is 0. The maximum absolute atomic E-state index is 9.14. The van der Waals surface area contributed by atoms with Gasteiger partial charge in [0.1, 0.15) is 0 Å². The molecule has 2 atom stereocenters. The van der Waals surface area contributed by atoms with Crippen LogP contribution in [-0.4, -0.2) is 22.1 Å². The Morgan fingerprint density at radius 3 is 1.22 bits per heavy atom. The fourth-order valence-electron chi connectivity index (χ4n) is 11.5. The van der Waals surface area contributed by atoms with E-state index in [1.54, 1.807) is 11.1 Å². The average Bonchev–Trinajstić information content (AvgIpc) is 4.03. The van der Waals surface area contributed by atoms with Gasteiger partial charge in [-0.2, -0.15) is 0 Å². The minimum absolute atomic E-state index is 0.127. The van der Waals surface area contributed by atoms with Crippen LogP contribution in [0.3, 0.4) is 0 Å². The molecule has 0 heterocycles. The first kappa shape index (κ1) is 43.1. The zero-order valence-corrected chi connectivity index (χ0v) is 44.4. The second kappa shape index (κ2) is 15.4. The molecule has 0 N–H and O–H groups in total. The van der Waals surface area contributed by atoms with Crippen LogP contribution in [0.1, 0.15) is 108 Å². The molecule has 2 saturated carbocycles. The third-order valence-electron chi connectivity index (χ3n) is 15.3. The van der Waals surface area contributed by atoms with Crippen LogP contribution in [0.5, 0.6) is 0 Å². The van der Waals surface area contributed by atoms with Gasteiger partial charge < -0.3 is 0 Å². The second-order valence-electron chi connectivity index (χ2n) is 21.8. The van der Waals surface area contributed by atoms with Crippen molar-refractivity contribution in [3.8, 4) is 22.3 Å². The Morgan fingerprint density at radius 1 is 0.569 bits per heavy atom. The first-order chi connectivity index (χ1) is 27.3. The van der Waals surface area contributed by atoms with Crippen LogP contribution < -0.4 is 10.4 Å². The first-order valence-corrected chi connectivity index (χ1v) is 46.1. The van der Waals surface area contributed by atoms with E-state index < -0.39 is 37.6 Å². The quantitative estimate of drug-likeness (QED) is 0.104. The molecule has 0 bridgehead atoms. The molecule has 4 aromatic carbocycles. The Hall–Kier alpha value is -1.53. The normalized spacial score (nSPS) is 21.2. The predicted molar refractivity (Wildman–Crippen MR) is 264 cm³/mol. The molecule has 0 aromatic heterocycles. The molecule has 0 amide bonds. The first-order valence-electron chi connectivity index (χ1n) is 22.8. The number of allylic oxidation sites excluding steroid dienone is 2. The molecule has 4 aliphatic rings. The third kappa shape index (κ3) is 7.67. The molecule has 58 heavy (non-hydrogen) atoms. The van der Waals surface area contributed by atoms with Gasteiger partial charge in [0.25, 0.3) is 0 Å². The van der Waals surface area contributed by atoms with Crippen molar-refractivity contribution in [2.75, 3.05) is 0 Å². The molecule has 4 aromatic rings. The molecule has 2 unspecified atom stereocenters. The average molecular weight is 941 g/mol. The standard InChI is InChI=1S/2C25H31Si.C2H7Si.2ClH.Zr/c2*1-5-13-25(14-15-25)18-19-16-21-7-6-8-23(24(21)17-19)20-9-11-22(12-10-20)26(2,3)4;1-3-2;;;/h2*6-12,16-17H,5,13-15,18H2,1-4H3;3H,1-2H3;2*1H;/q;;;;;+2/p-2. The fourth-order valence-corrected chi connectivity index (χ4v) is 45.1. The van der Waals surface area contributed by atoms with Crippen LogP contribution in [0.25, 0.3) is 34.4 Å². The van der Waals surface area contributed by atoms with E-state index in [1.807, 2.05) is 0 Å². The molecule has 8 rings (SSSR count). The van der Waals surface area contributed by atoms with Crippen LogP contribution in [0, 0.1) is 10.8 Å². The van der Waals surface area contributed by atoms with E-state index >= 15 is 0 Å². The van der Waals surface area contributed by atoms with Crippen LogP contribution in [0.2, 0.25) is 52.4 Å². The molecule has 0 radical (unpaired) electrons. The second-order valence-corrected chi connectivity index (χ2v) is 74.5. The van der Waals surface area contributed by atoms with Crippen molar-refractivity contribution in [1.82, 2.24) is 0 Å². The van der Waals surface area contributed by atoms with Gasteiger partial charge >= 0.3 is 366 Å². The van der Waals surface area contributed by atoms with Gasteiger partial charge in [-0.15, -0.1) is 0 Å². The summed E-state index contributed by atoms with van der Waals surface area (Å²) in [5.74, 6) is -1.71. The van der Waals surface area contributed by atoms with Crippen molar-refractivity contribution in [2.24, 2.45) is 10.8 Å². The summed E-state index contributed by atoms with van der Waals surface area (Å²) < 4.78 is 0.254. The molecular formula is C52H69Cl2Si3Zr. The van der Waals surface area contributed by atoms with Crippen molar-refractivity contribution in [3.05, 3.63) is 118 Å². The van der Waals surface area contributed by atoms with Crippen LogP contribution in [-0.2, 0) is 15.6 Å². The fraction of sp³-hybridized carbons (Fsp3) is 0.462. The van der Waals surface area contributed by atoms with Crippen LogP contribution in [0.15, 0.2) is 96.1 Å². The Labute approximate surface area is 363 Å². The van der Waals surface area contributed by atoms with Crippen LogP contribution >= 0.6 is 17.0 Å². The van der Waals surface area contributed by atoms with Crippen molar-refractivity contribution < 1.29 is 15.6 Å². The SMILES string of the molecule is CCCC1(CC2=Cc3c(-c4ccc([Si](C)(C)C)cc4)cccc3[CH]2[Zr]([Cl])([Cl])([CH]2C(CC3(CCC)CC3)=Cc3c(-c4ccc([Si](C)(C)C)cc4)cccc32)[SiH](C)C)CC1. The number of hydrogen-bond donors (Lipinski definition) is 0. The monoisotopic (exact) mass is 937 g/mol. The van der Waals surface area contributed by atoms with Gasteiger partial charge in [-0.1, -0.05) is 0 Å². The van der Waals surface area contributed by atoms with E-state index in [2.05, 4.69) is 163 Å². The minimum atomic E-state index is -5.02. The van der Waals surface area contributed by atoms with Crippen molar-refractivity contribution in [3.63, 3.8) is 0 Å². The summed E-state index contributed by atoms with van der Waals surface area (Å²) in [5, 5.41) is 3.02. The summed E-state index contributed by atoms with van der Waals surface area (Å²) in [6.07, 6.45) is 17.9. The Morgan fingerprint density at radius 2 is 0.931 bits per heavy atom.